The molecule has 1 heterocycles. The Bertz CT molecular complexity index is 1450. The number of methoxy groups -OCH3 is 1. The van der Waals surface area contributed by atoms with Crippen LogP contribution in [0.4, 0.5) is 0 Å². The van der Waals surface area contributed by atoms with Crippen LogP contribution in [0.5, 0.6) is 5.75 Å². The van der Waals surface area contributed by atoms with Crippen LogP contribution in [0.1, 0.15) is 35.8 Å². The van der Waals surface area contributed by atoms with Gasteiger partial charge < -0.3 is 10.1 Å². The van der Waals surface area contributed by atoms with Gasteiger partial charge >= 0.3 is 0 Å². The number of para-hydroxylation sites is 3. The minimum absolute atomic E-state index is 0.0947. The van der Waals surface area contributed by atoms with Gasteiger partial charge in [0, 0.05) is 12.5 Å². The number of rotatable bonds is 8. The zero-order valence-corrected chi connectivity index (χ0v) is 20.5. The number of ketones is 1. The molecule has 4 rings (SSSR count). The SMILES string of the molecule is COc1ccccc1-n1c(SCC(=O)c2ccc(C(C)NC(C)=O)cc2)nc2ccccc2c1=O. The maximum absolute atomic E-state index is 13.4. The number of nitrogens with one attached hydrogen (secondary N) is 1. The first kappa shape index (κ1) is 24.2. The maximum atomic E-state index is 13.4. The van der Waals surface area contributed by atoms with Crippen molar-refractivity contribution in [3.63, 3.8) is 0 Å². The standard InChI is InChI=1S/C27H25N3O4S/c1-17(28-18(2)31)19-12-14-20(15-13-19)24(32)16-35-27-29-22-9-5-4-8-21(22)26(33)30(27)23-10-6-7-11-25(23)34-3/h4-15,17H,16H2,1-3H3,(H,28,31). The van der Waals surface area contributed by atoms with Crippen molar-refractivity contribution in [2.75, 3.05) is 12.9 Å². The average molecular weight is 488 g/mol. The van der Waals surface area contributed by atoms with Gasteiger partial charge in [-0.25, -0.2) is 4.98 Å². The number of thioether (sulfide) groups is 1. The van der Waals surface area contributed by atoms with Crippen molar-refractivity contribution in [3.8, 4) is 11.4 Å². The van der Waals surface area contributed by atoms with Gasteiger partial charge in [0.05, 0.1) is 35.5 Å². The summed E-state index contributed by atoms with van der Waals surface area (Å²) in [5, 5.41) is 3.72. The van der Waals surface area contributed by atoms with Gasteiger partial charge in [0.15, 0.2) is 10.9 Å². The lowest BCUT2D eigenvalue weighted by atomic mass is 10.0. The molecule has 1 atom stereocenters. The van der Waals surface area contributed by atoms with E-state index in [2.05, 4.69) is 5.32 Å². The molecule has 4 aromatic rings. The summed E-state index contributed by atoms with van der Waals surface area (Å²) < 4.78 is 6.98. The summed E-state index contributed by atoms with van der Waals surface area (Å²) >= 11 is 1.20. The molecule has 0 aliphatic heterocycles. The maximum Gasteiger partial charge on any atom is 0.266 e. The van der Waals surface area contributed by atoms with Crippen LogP contribution in [0, 0.1) is 0 Å². The molecule has 8 heteroatoms. The van der Waals surface area contributed by atoms with Gasteiger partial charge in [0.2, 0.25) is 5.91 Å². The number of fused-ring (bicyclic) bond motifs is 1. The van der Waals surface area contributed by atoms with Crippen LogP contribution in [0.15, 0.2) is 82.7 Å². The van der Waals surface area contributed by atoms with Crippen molar-refractivity contribution < 1.29 is 14.3 Å². The van der Waals surface area contributed by atoms with E-state index >= 15 is 0 Å². The molecule has 0 saturated heterocycles. The van der Waals surface area contributed by atoms with E-state index in [9.17, 15) is 14.4 Å². The third-order valence-electron chi connectivity index (χ3n) is 5.56. The van der Waals surface area contributed by atoms with Gasteiger partial charge in [0.1, 0.15) is 5.75 Å². The first-order chi connectivity index (χ1) is 16.9. The number of ether oxygens (including phenoxy) is 1. The Balaban J connectivity index is 1.65. The van der Waals surface area contributed by atoms with Crippen LogP contribution < -0.4 is 15.6 Å². The topological polar surface area (TPSA) is 90.3 Å². The van der Waals surface area contributed by atoms with Crippen LogP contribution >= 0.6 is 11.8 Å². The Labute approximate surface area is 207 Å². The molecular weight excluding hydrogens is 462 g/mol. The molecule has 178 valence electrons. The lowest BCUT2D eigenvalue weighted by Crippen LogP contribution is -2.23. The smallest absolute Gasteiger partial charge is 0.266 e. The van der Waals surface area contributed by atoms with Gasteiger partial charge in [-0.2, -0.15) is 0 Å². The summed E-state index contributed by atoms with van der Waals surface area (Å²) in [6.07, 6.45) is 0. The molecule has 1 amide bonds. The minimum Gasteiger partial charge on any atom is -0.495 e. The number of hydrogen-bond donors (Lipinski definition) is 1. The molecule has 0 fully saturated rings. The van der Waals surface area contributed by atoms with Crippen molar-refractivity contribution in [3.05, 3.63) is 94.3 Å². The number of carbonyl (C=O) groups excluding carboxylic acids is 2. The van der Waals surface area contributed by atoms with E-state index in [0.29, 0.717) is 33.1 Å². The zero-order valence-electron chi connectivity index (χ0n) is 19.6. The fraction of sp³-hybridized carbons (Fsp3) is 0.185. The molecule has 1 N–H and O–H groups in total. The van der Waals surface area contributed by atoms with E-state index in [1.807, 2.05) is 37.3 Å². The second-order valence-electron chi connectivity index (χ2n) is 7.98. The summed E-state index contributed by atoms with van der Waals surface area (Å²) in [5.41, 5.74) is 2.35. The highest BCUT2D eigenvalue weighted by Gasteiger charge is 2.18. The molecule has 0 bridgehead atoms. The van der Waals surface area contributed by atoms with Crippen LogP contribution in [0.2, 0.25) is 0 Å². The number of carbonyl (C=O) groups is 2. The highest BCUT2D eigenvalue weighted by Crippen LogP contribution is 2.27. The third-order valence-corrected chi connectivity index (χ3v) is 6.49. The Morgan fingerprint density at radius 1 is 1.03 bits per heavy atom. The molecule has 1 unspecified atom stereocenters. The molecule has 0 aliphatic rings. The van der Waals surface area contributed by atoms with E-state index in [4.69, 9.17) is 9.72 Å². The molecule has 0 spiro atoms. The van der Waals surface area contributed by atoms with E-state index in [1.165, 1.54) is 23.3 Å². The number of hydrogen-bond acceptors (Lipinski definition) is 6. The monoisotopic (exact) mass is 487 g/mol. The molecular formula is C27H25N3O4S. The lowest BCUT2D eigenvalue weighted by molar-refractivity contribution is -0.119. The van der Waals surface area contributed by atoms with Crippen molar-refractivity contribution in [2.24, 2.45) is 0 Å². The van der Waals surface area contributed by atoms with Crippen LogP contribution in [0.25, 0.3) is 16.6 Å². The average Bonchev–Trinajstić information content (AvgIpc) is 2.87. The van der Waals surface area contributed by atoms with Gasteiger partial charge in [-0.3, -0.25) is 19.0 Å². The minimum atomic E-state index is -0.230. The molecule has 1 aromatic heterocycles. The van der Waals surface area contributed by atoms with E-state index in [0.717, 1.165) is 5.56 Å². The summed E-state index contributed by atoms with van der Waals surface area (Å²) in [7, 11) is 1.55. The highest BCUT2D eigenvalue weighted by molar-refractivity contribution is 7.99. The summed E-state index contributed by atoms with van der Waals surface area (Å²) in [4.78, 5) is 42.4. The second-order valence-corrected chi connectivity index (χ2v) is 8.92. The van der Waals surface area contributed by atoms with Gasteiger partial charge in [-0.1, -0.05) is 60.3 Å². The largest absolute Gasteiger partial charge is 0.495 e. The fourth-order valence-electron chi connectivity index (χ4n) is 3.80. The van der Waals surface area contributed by atoms with Crippen LogP contribution in [0.3, 0.4) is 0 Å². The van der Waals surface area contributed by atoms with E-state index in [-0.39, 0.29) is 29.0 Å². The molecule has 0 radical (unpaired) electrons. The van der Waals surface area contributed by atoms with E-state index < -0.39 is 0 Å². The lowest BCUT2D eigenvalue weighted by Gasteiger charge is -2.15. The summed E-state index contributed by atoms with van der Waals surface area (Å²) in [6.45, 7) is 3.35. The molecule has 0 aliphatic carbocycles. The van der Waals surface area contributed by atoms with Crippen molar-refractivity contribution in [1.82, 2.24) is 14.9 Å². The first-order valence-electron chi connectivity index (χ1n) is 11.1. The Kier molecular flexibility index (Phi) is 7.31. The Morgan fingerprint density at radius 3 is 2.43 bits per heavy atom. The van der Waals surface area contributed by atoms with Crippen LogP contribution in [-0.2, 0) is 4.79 Å². The fourth-order valence-corrected chi connectivity index (χ4v) is 4.70. The molecule has 3 aromatic carbocycles. The summed E-state index contributed by atoms with van der Waals surface area (Å²) in [5.74, 6) is 0.421. The van der Waals surface area contributed by atoms with Crippen LogP contribution in [-0.4, -0.2) is 34.1 Å². The zero-order chi connectivity index (χ0) is 24.9. The number of benzene rings is 3. The second kappa shape index (κ2) is 10.6. The number of aromatic nitrogens is 2. The van der Waals surface area contributed by atoms with Crippen molar-refractivity contribution in [2.45, 2.75) is 25.0 Å². The van der Waals surface area contributed by atoms with E-state index in [1.54, 1.807) is 49.6 Å². The molecule has 35 heavy (non-hydrogen) atoms. The first-order valence-corrected chi connectivity index (χ1v) is 12.1. The number of Topliss-reactive ketones (excluding diaryl/α,β-unsaturated/α-hetero) is 1. The van der Waals surface area contributed by atoms with Gasteiger partial charge in [-0.05, 0) is 36.8 Å². The van der Waals surface area contributed by atoms with Crippen molar-refractivity contribution >= 4 is 34.4 Å². The van der Waals surface area contributed by atoms with Gasteiger partial charge in [-0.15, -0.1) is 0 Å². The number of nitrogens with zero attached hydrogens (tertiary/aromatic N) is 2. The third kappa shape index (κ3) is 5.27. The normalized spacial score (nSPS) is 11.7. The predicted octanol–water partition coefficient (Wildman–Crippen LogP) is 4.57. The van der Waals surface area contributed by atoms with Gasteiger partial charge in [0.25, 0.3) is 5.56 Å². The van der Waals surface area contributed by atoms with Crippen molar-refractivity contribution in [1.29, 1.82) is 0 Å². The Hall–Kier alpha value is -3.91. The quantitative estimate of drug-likeness (QED) is 0.223. The summed E-state index contributed by atoms with van der Waals surface area (Å²) in [6, 6.07) is 21.4. The Morgan fingerprint density at radius 2 is 1.71 bits per heavy atom. The molecule has 7 nitrogen and oxygen atoms in total. The highest BCUT2D eigenvalue weighted by atomic mass is 32.2. The molecule has 0 saturated carbocycles. The number of amides is 1. The predicted molar refractivity (Wildman–Crippen MR) is 138 cm³/mol.